The largest absolute Gasteiger partial charge is 0.394 e. The predicted octanol–water partition coefficient (Wildman–Crippen LogP) is 2.19. The van der Waals surface area contributed by atoms with E-state index in [0.29, 0.717) is 18.1 Å². The van der Waals surface area contributed by atoms with Crippen LogP contribution in [0.3, 0.4) is 0 Å². The van der Waals surface area contributed by atoms with E-state index >= 15 is 0 Å². The highest BCUT2D eigenvalue weighted by Crippen LogP contribution is 2.38. The van der Waals surface area contributed by atoms with Crippen molar-refractivity contribution in [3.63, 3.8) is 0 Å². The summed E-state index contributed by atoms with van der Waals surface area (Å²) in [4.78, 5) is 0. The van der Waals surface area contributed by atoms with Gasteiger partial charge in [-0.25, -0.2) is 0 Å². The molecule has 2 atom stereocenters. The average Bonchev–Trinajstić information content (AvgIpc) is 2.25. The molecule has 1 aliphatic rings. The minimum Gasteiger partial charge on any atom is -0.394 e. The number of hydrogen-bond acceptors (Lipinski definition) is 3. The Hall–Kier alpha value is -0.120. The molecule has 102 valence electrons. The molecule has 1 rings (SSSR count). The van der Waals surface area contributed by atoms with Gasteiger partial charge in [0.25, 0.3) is 0 Å². The summed E-state index contributed by atoms with van der Waals surface area (Å²) in [5.74, 6) is 0.775. The Labute approximate surface area is 106 Å². The lowest BCUT2D eigenvalue weighted by molar-refractivity contribution is 0.0883. The molecule has 0 spiro atoms. The average molecular weight is 243 g/mol. The third-order valence-corrected chi connectivity index (χ3v) is 3.80. The van der Waals surface area contributed by atoms with Gasteiger partial charge in [0.1, 0.15) is 0 Å². The molecule has 0 heterocycles. The lowest BCUT2D eigenvalue weighted by atomic mass is 9.70. The molecule has 3 heteroatoms. The van der Waals surface area contributed by atoms with Crippen molar-refractivity contribution in [1.82, 2.24) is 5.32 Å². The molecule has 0 aromatic rings. The summed E-state index contributed by atoms with van der Waals surface area (Å²) in [6, 6.07) is 0.681. The molecule has 0 aromatic heterocycles. The van der Waals surface area contributed by atoms with Gasteiger partial charge in [0.2, 0.25) is 0 Å². The Bertz CT molecular complexity index is 206. The third-order valence-electron chi connectivity index (χ3n) is 3.80. The van der Waals surface area contributed by atoms with Crippen molar-refractivity contribution in [2.45, 2.75) is 52.5 Å². The van der Waals surface area contributed by atoms with Gasteiger partial charge < -0.3 is 15.2 Å². The van der Waals surface area contributed by atoms with Crippen LogP contribution >= 0.6 is 0 Å². The fraction of sp³-hybridized carbons (Fsp3) is 1.00. The molecule has 17 heavy (non-hydrogen) atoms. The zero-order chi connectivity index (χ0) is 12.7. The van der Waals surface area contributed by atoms with Gasteiger partial charge in [-0.15, -0.1) is 0 Å². The normalized spacial score (nSPS) is 28.2. The number of aliphatic hydroxyl groups excluding tert-OH is 1. The molecule has 1 saturated carbocycles. The van der Waals surface area contributed by atoms with Gasteiger partial charge in [0.05, 0.1) is 13.2 Å². The lowest BCUT2D eigenvalue weighted by Gasteiger charge is -2.39. The molecular formula is C14H29NO2. The van der Waals surface area contributed by atoms with Gasteiger partial charge in [-0.05, 0) is 43.6 Å². The second-order valence-electron chi connectivity index (χ2n) is 6.13. The van der Waals surface area contributed by atoms with E-state index in [1.54, 1.807) is 0 Å². The zero-order valence-electron chi connectivity index (χ0n) is 11.7. The van der Waals surface area contributed by atoms with Crippen LogP contribution in [0, 0.1) is 11.3 Å². The van der Waals surface area contributed by atoms with Crippen LogP contribution in [0.1, 0.15) is 46.5 Å². The number of ether oxygens (including phenoxy) is 1. The maximum atomic E-state index is 8.57. The van der Waals surface area contributed by atoms with Crippen molar-refractivity contribution in [3.8, 4) is 0 Å². The van der Waals surface area contributed by atoms with Gasteiger partial charge in [0, 0.05) is 12.6 Å². The predicted molar refractivity (Wildman–Crippen MR) is 71.1 cm³/mol. The quantitative estimate of drug-likeness (QED) is 0.674. The van der Waals surface area contributed by atoms with Crippen molar-refractivity contribution < 1.29 is 9.84 Å². The highest BCUT2D eigenvalue weighted by atomic mass is 16.5. The van der Waals surface area contributed by atoms with Gasteiger partial charge in [0.15, 0.2) is 0 Å². The maximum Gasteiger partial charge on any atom is 0.0697 e. The maximum absolute atomic E-state index is 8.57. The van der Waals surface area contributed by atoms with E-state index < -0.39 is 0 Å². The van der Waals surface area contributed by atoms with Crippen molar-refractivity contribution >= 4 is 0 Å². The minimum atomic E-state index is 0.127. The third kappa shape index (κ3) is 5.84. The molecule has 0 radical (unpaired) electrons. The highest BCUT2D eigenvalue weighted by molar-refractivity contribution is 4.86. The summed E-state index contributed by atoms with van der Waals surface area (Å²) in [7, 11) is 0. The van der Waals surface area contributed by atoms with E-state index in [0.717, 1.165) is 25.5 Å². The molecule has 0 bridgehead atoms. The van der Waals surface area contributed by atoms with Gasteiger partial charge >= 0.3 is 0 Å². The SMILES string of the molecule is CC1CC(C)(C)CCC1NCCCOCCO. The summed E-state index contributed by atoms with van der Waals surface area (Å²) in [5.41, 5.74) is 0.530. The van der Waals surface area contributed by atoms with E-state index in [-0.39, 0.29) is 6.61 Å². The molecule has 0 amide bonds. The standard InChI is InChI=1S/C14H29NO2/c1-12-11-14(2,3)6-5-13(12)15-7-4-9-17-10-8-16/h12-13,15-16H,4-11H2,1-3H3. The summed E-state index contributed by atoms with van der Waals surface area (Å²) in [6.07, 6.45) is 4.99. The Balaban J connectivity index is 2.08. The first-order chi connectivity index (χ1) is 8.05. The van der Waals surface area contributed by atoms with Crippen molar-refractivity contribution in [2.24, 2.45) is 11.3 Å². The molecule has 2 unspecified atom stereocenters. The smallest absolute Gasteiger partial charge is 0.0697 e. The number of rotatable bonds is 7. The molecule has 0 aromatic carbocycles. The molecule has 1 fully saturated rings. The second-order valence-corrected chi connectivity index (χ2v) is 6.13. The summed E-state index contributed by atoms with van der Waals surface area (Å²) in [6.45, 7) is 9.49. The molecule has 0 aliphatic heterocycles. The van der Waals surface area contributed by atoms with E-state index in [1.165, 1.54) is 19.3 Å². The first-order valence-corrected chi connectivity index (χ1v) is 6.97. The number of nitrogens with one attached hydrogen (secondary N) is 1. The van der Waals surface area contributed by atoms with Crippen LogP contribution in [0.15, 0.2) is 0 Å². The van der Waals surface area contributed by atoms with E-state index in [4.69, 9.17) is 9.84 Å². The van der Waals surface area contributed by atoms with Crippen LogP contribution < -0.4 is 5.32 Å². The topological polar surface area (TPSA) is 41.5 Å². The van der Waals surface area contributed by atoms with Crippen LogP contribution in [0.2, 0.25) is 0 Å². The molecule has 0 saturated heterocycles. The Morgan fingerprint density at radius 1 is 1.35 bits per heavy atom. The van der Waals surface area contributed by atoms with Crippen LogP contribution in [-0.2, 0) is 4.74 Å². The highest BCUT2D eigenvalue weighted by Gasteiger charge is 2.31. The number of aliphatic hydroxyl groups is 1. The van der Waals surface area contributed by atoms with Crippen molar-refractivity contribution in [1.29, 1.82) is 0 Å². The Morgan fingerprint density at radius 3 is 2.76 bits per heavy atom. The van der Waals surface area contributed by atoms with E-state index in [2.05, 4.69) is 26.1 Å². The van der Waals surface area contributed by atoms with E-state index in [1.807, 2.05) is 0 Å². The minimum absolute atomic E-state index is 0.127. The molecule has 1 aliphatic carbocycles. The first kappa shape index (κ1) is 14.9. The summed E-state index contributed by atoms with van der Waals surface area (Å²) < 4.78 is 5.24. The van der Waals surface area contributed by atoms with Crippen molar-refractivity contribution in [3.05, 3.63) is 0 Å². The van der Waals surface area contributed by atoms with Crippen LogP contribution in [-0.4, -0.2) is 37.5 Å². The van der Waals surface area contributed by atoms with Crippen LogP contribution in [0.25, 0.3) is 0 Å². The second kappa shape index (κ2) is 7.34. The van der Waals surface area contributed by atoms with Gasteiger partial charge in [-0.3, -0.25) is 0 Å². The fourth-order valence-electron chi connectivity index (χ4n) is 2.88. The Kier molecular flexibility index (Phi) is 6.45. The van der Waals surface area contributed by atoms with E-state index in [9.17, 15) is 0 Å². The fourth-order valence-corrected chi connectivity index (χ4v) is 2.88. The zero-order valence-corrected chi connectivity index (χ0v) is 11.7. The molecule has 2 N–H and O–H groups in total. The van der Waals surface area contributed by atoms with Gasteiger partial charge in [-0.1, -0.05) is 20.8 Å². The van der Waals surface area contributed by atoms with Crippen molar-refractivity contribution in [2.75, 3.05) is 26.4 Å². The van der Waals surface area contributed by atoms with Crippen LogP contribution in [0.4, 0.5) is 0 Å². The van der Waals surface area contributed by atoms with Crippen LogP contribution in [0.5, 0.6) is 0 Å². The number of hydrogen-bond donors (Lipinski definition) is 2. The lowest BCUT2D eigenvalue weighted by Crippen LogP contribution is -2.42. The molecular weight excluding hydrogens is 214 g/mol. The summed E-state index contributed by atoms with van der Waals surface area (Å²) in [5, 5.41) is 12.2. The first-order valence-electron chi connectivity index (χ1n) is 6.97. The monoisotopic (exact) mass is 243 g/mol. The van der Waals surface area contributed by atoms with Gasteiger partial charge in [-0.2, -0.15) is 0 Å². The molecule has 3 nitrogen and oxygen atoms in total. The Morgan fingerprint density at radius 2 is 2.12 bits per heavy atom. The summed E-state index contributed by atoms with van der Waals surface area (Å²) >= 11 is 0.